The van der Waals surface area contributed by atoms with Crippen LogP contribution in [-0.4, -0.2) is 7.11 Å². The summed E-state index contributed by atoms with van der Waals surface area (Å²) in [5, 5.41) is 0. The summed E-state index contributed by atoms with van der Waals surface area (Å²) in [7, 11) is 1.73. The molecule has 15 heavy (non-hydrogen) atoms. The van der Waals surface area contributed by atoms with Crippen molar-refractivity contribution in [3.05, 3.63) is 33.8 Å². The van der Waals surface area contributed by atoms with Crippen molar-refractivity contribution in [1.82, 2.24) is 0 Å². The van der Waals surface area contributed by atoms with Gasteiger partial charge in [-0.25, -0.2) is 0 Å². The summed E-state index contributed by atoms with van der Waals surface area (Å²) in [6, 6.07) is 4.24. The molecular weight excluding hydrogens is 252 g/mol. The van der Waals surface area contributed by atoms with Gasteiger partial charge >= 0.3 is 0 Å². The van der Waals surface area contributed by atoms with Crippen LogP contribution in [0.1, 0.15) is 24.0 Å². The van der Waals surface area contributed by atoms with E-state index in [1.54, 1.807) is 12.7 Å². The average Bonchev–Trinajstić information content (AvgIpc) is 2.99. The highest BCUT2D eigenvalue weighted by molar-refractivity contribution is 9.10. The molecule has 0 radical (unpaired) electrons. The summed E-state index contributed by atoms with van der Waals surface area (Å²) < 4.78 is 6.50. The van der Waals surface area contributed by atoms with Crippen molar-refractivity contribution in [1.29, 1.82) is 0 Å². The maximum atomic E-state index is 5.31. The van der Waals surface area contributed by atoms with Gasteiger partial charge < -0.3 is 4.74 Å². The van der Waals surface area contributed by atoms with E-state index >= 15 is 0 Å². The molecule has 3 rings (SSSR count). The molecule has 2 heteroatoms. The number of fused-ring (bicyclic) bond motifs is 1. The fourth-order valence-electron chi connectivity index (χ4n) is 2.30. The van der Waals surface area contributed by atoms with E-state index in [1.807, 2.05) is 0 Å². The Balaban J connectivity index is 2.09. The van der Waals surface area contributed by atoms with E-state index in [2.05, 4.69) is 34.1 Å². The smallest absolute Gasteiger partial charge is 0.120 e. The predicted octanol–water partition coefficient (Wildman–Crippen LogP) is 3.81. The molecule has 0 saturated heterocycles. The summed E-state index contributed by atoms with van der Waals surface area (Å²) in [5.41, 5.74) is 4.38. The van der Waals surface area contributed by atoms with Gasteiger partial charge in [-0.3, -0.25) is 0 Å². The zero-order valence-electron chi connectivity index (χ0n) is 8.72. The number of halogens is 1. The van der Waals surface area contributed by atoms with Crippen LogP contribution in [0.3, 0.4) is 0 Å². The number of methoxy groups -OCH3 is 1. The van der Waals surface area contributed by atoms with Crippen molar-refractivity contribution >= 4 is 21.5 Å². The Kier molecular flexibility index (Phi) is 2.13. The highest BCUT2D eigenvalue weighted by atomic mass is 79.9. The number of hydrogen-bond donors (Lipinski definition) is 0. The predicted molar refractivity (Wildman–Crippen MR) is 65.1 cm³/mol. The first-order chi connectivity index (χ1) is 7.29. The van der Waals surface area contributed by atoms with Crippen molar-refractivity contribution < 1.29 is 4.74 Å². The Morgan fingerprint density at radius 2 is 2.13 bits per heavy atom. The molecule has 0 aliphatic heterocycles. The number of ether oxygens (including phenoxy) is 1. The van der Waals surface area contributed by atoms with Gasteiger partial charge in [-0.2, -0.15) is 0 Å². The third-order valence-corrected chi connectivity index (χ3v) is 3.97. The first-order valence-corrected chi connectivity index (χ1v) is 6.15. The van der Waals surface area contributed by atoms with Gasteiger partial charge in [-0.1, -0.05) is 22.0 Å². The molecule has 1 saturated carbocycles. The fourth-order valence-corrected chi connectivity index (χ4v) is 2.90. The minimum Gasteiger partial charge on any atom is -0.497 e. The summed E-state index contributed by atoms with van der Waals surface area (Å²) >= 11 is 3.62. The van der Waals surface area contributed by atoms with Crippen LogP contribution >= 0.6 is 15.9 Å². The monoisotopic (exact) mass is 264 g/mol. The molecule has 2 aliphatic carbocycles. The van der Waals surface area contributed by atoms with Crippen molar-refractivity contribution in [2.24, 2.45) is 5.92 Å². The highest BCUT2D eigenvalue weighted by Gasteiger charge is 2.31. The van der Waals surface area contributed by atoms with E-state index in [1.165, 1.54) is 28.4 Å². The first-order valence-electron chi connectivity index (χ1n) is 5.36. The van der Waals surface area contributed by atoms with Gasteiger partial charge in [0.15, 0.2) is 0 Å². The van der Waals surface area contributed by atoms with Crippen LogP contribution in [-0.2, 0) is 6.42 Å². The standard InChI is InChI=1S/C13H13BrO/c1-15-9-6-12-10(8-2-3-8)4-5-11(12)13(14)7-9/h4,6-8H,2-3,5H2,1H3. The molecule has 78 valence electrons. The van der Waals surface area contributed by atoms with Crippen LogP contribution in [0, 0.1) is 5.92 Å². The molecule has 0 aromatic heterocycles. The zero-order chi connectivity index (χ0) is 10.4. The number of hydrogen-bond acceptors (Lipinski definition) is 1. The molecule has 1 nitrogen and oxygen atoms in total. The van der Waals surface area contributed by atoms with Crippen molar-refractivity contribution in [3.8, 4) is 5.75 Å². The number of allylic oxidation sites excluding steroid dienone is 2. The van der Waals surface area contributed by atoms with E-state index in [0.717, 1.165) is 18.1 Å². The van der Waals surface area contributed by atoms with Crippen LogP contribution in [0.2, 0.25) is 0 Å². The van der Waals surface area contributed by atoms with E-state index in [9.17, 15) is 0 Å². The second kappa shape index (κ2) is 3.38. The molecule has 0 heterocycles. The molecular formula is C13H13BrO. The molecule has 0 amide bonds. The molecule has 2 aliphatic rings. The van der Waals surface area contributed by atoms with Crippen LogP contribution in [0.4, 0.5) is 0 Å². The zero-order valence-corrected chi connectivity index (χ0v) is 10.3. The molecule has 0 spiro atoms. The van der Waals surface area contributed by atoms with Crippen molar-refractivity contribution in [2.45, 2.75) is 19.3 Å². The van der Waals surface area contributed by atoms with Crippen molar-refractivity contribution in [3.63, 3.8) is 0 Å². The Morgan fingerprint density at radius 3 is 2.80 bits per heavy atom. The topological polar surface area (TPSA) is 9.23 Å². The summed E-state index contributed by atoms with van der Waals surface area (Å²) in [6.07, 6.45) is 6.18. The highest BCUT2D eigenvalue weighted by Crippen LogP contribution is 2.47. The molecule has 1 fully saturated rings. The van der Waals surface area contributed by atoms with Crippen LogP contribution in [0.5, 0.6) is 5.75 Å². The SMILES string of the molecule is COc1cc(Br)c2c(c1)C(C1CC1)=CC2. The molecule has 0 atom stereocenters. The van der Waals surface area contributed by atoms with Gasteiger partial charge in [0.05, 0.1) is 7.11 Å². The Hall–Kier alpha value is -0.760. The van der Waals surface area contributed by atoms with Crippen LogP contribution < -0.4 is 4.74 Å². The molecule has 0 bridgehead atoms. The summed E-state index contributed by atoms with van der Waals surface area (Å²) in [5.74, 6) is 1.78. The molecule has 1 aromatic carbocycles. The summed E-state index contributed by atoms with van der Waals surface area (Å²) in [6.45, 7) is 0. The lowest BCUT2D eigenvalue weighted by molar-refractivity contribution is 0.414. The first kappa shape index (κ1) is 9.46. The van der Waals surface area contributed by atoms with Crippen LogP contribution in [0.15, 0.2) is 22.7 Å². The average molecular weight is 265 g/mol. The van der Waals surface area contributed by atoms with Gasteiger partial charge in [0.25, 0.3) is 0 Å². The number of benzene rings is 1. The second-order valence-electron chi connectivity index (χ2n) is 4.27. The quantitative estimate of drug-likeness (QED) is 0.790. The van der Waals surface area contributed by atoms with E-state index in [0.29, 0.717) is 0 Å². The largest absolute Gasteiger partial charge is 0.497 e. The van der Waals surface area contributed by atoms with Crippen molar-refractivity contribution in [2.75, 3.05) is 7.11 Å². The van der Waals surface area contributed by atoms with Gasteiger partial charge in [-0.05, 0) is 54.0 Å². The Labute approximate surface area is 98.3 Å². The lowest BCUT2D eigenvalue weighted by atomic mass is 10.0. The third kappa shape index (κ3) is 1.51. The van der Waals surface area contributed by atoms with E-state index < -0.39 is 0 Å². The molecule has 0 unspecified atom stereocenters. The molecule has 1 aromatic rings. The fraction of sp³-hybridized carbons (Fsp3) is 0.385. The maximum Gasteiger partial charge on any atom is 0.120 e. The van der Waals surface area contributed by atoms with Gasteiger partial charge in [-0.15, -0.1) is 0 Å². The van der Waals surface area contributed by atoms with Crippen LogP contribution in [0.25, 0.3) is 5.57 Å². The number of rotatable bonds is 2. The minimum absolute atomic E-state index is 0.824. The van der Waals surface area contributed by atoms with E-state index in [4.69, 9.17) is 4.74 Å². The third-order valence-electron chi connectivity index (χ3n) is 3.26. The summed E-state index contributed by atoms with van der Waals surface area (Å²) in [4.78, 5) is 0. The van der Waals surface area contributed by atoms with E-state index in [-0.39, 0.29) is 0 Å². The minimum atomic E-state index is 0.824. The van der Waals surface area contributed by atoms with Gasteiger partial charge in [0.1, 0.15) is 5.75 Å². The lowest BCUT2D eigenvalue weighted by Gasteiger charge is -2.09. The Morgan fingerprint density at radius 1 is 1.33 bits per heavy atom. The normalized spacial score (nSPS) is 18.7. The van der Waals surface area contributed by atoms with Gasteiger partial charge in [0.2, 0.25) is 0 Å². The van der Waals surface area contributed by atoms with Gasteiger partial charge in [0, 0.05) is 4.47 Å². The Bertz CT molecular complexity index is 444. The second-order valence-corrected chi connectivity index (χ2v) is 5.13. The maximum absolute atomic E-state index is 5.31. The lowest BCUT2D eigenvalue weighted by Crippen LogP contribution is -1.91. The molecule has 0 N–H and O–H groups in total.